The lowest BCUT2D eigenvalue weighted by atomic mass is 10.1. The van der Waals surface area contributed by atoms with E-state index in [-0.39, 0.29) is 34.6 Å². The van der Waals surface area contributed by atoms with Crippen molar-refractivity contribution >= 4 is 32.7 Å². The quantitative estimate of drug-likeness (QED) is 0.818. The van der Waals surface area contributed by atoms with Crippen LogP contribution in [0, 0.1) is 5.92 Å². The Morgan fingerprint density at radius 3 is 2.71 bits per heavy atom. The number of carbonyl (C=O) groups excluding carboxylic acids is 1. The number of benzene rings is 1. The van der Waals surface area contributed by atoms with Crippen molar-refractivity contribution in [3.8, 4) is 0 Å². The van der Waals surface area contributed by atoms with E-state index >= 15 is 0 Å². The van der Waals surface area contributed by atoms with E-state index in [9.17, 15) is 13.2 Å². The summed E-state index contributed by atoms with van der Waals surface area (Å²) in [5.74, 6) is 0.0832. The molecular weight excluding hydrogens is 344 g/mol. The molecule has 1 aromatic rings. The van der Waals surface area contributed by atoms with Crippen molar-refractivity contribution in [3.63, 3.8) is 0 Å². The van der Waals surface area contributed by atoms with Crippen LogP contribution in [0.3, 0.4) is 0 Å². The van der Waals surface area contributed by atoms with E-state index in [2.05, 4.69) is 4.99 Å². The highest BCUT2D eigenvalue weighted by Crippen LogP contribution is 2.39. The van der Waals surface area contributed by atoms with Crippen LogP contribution in [-0.4, -0.2) is 47.2 Å². The molecule has 5 nitrogen and oxygen atoms in total. The molecule has 2 fully saturated rings. The number of hydrogen-bond donors (Lipinski definition) is 0. The summed E-state index contributed by atoms with van der Waals surface area (Å²) >= 11 is 1.44. The first-order valence-electron chi connectivity index (χ1n) is 8.20. The minimum Gasteiger partial charge on any atom is -0.342 e. The lowest BCUT2D eigenvalue weighted by Gasteiger charge is -2.24. The lowest BCUT2D eigenvalue weighted by molar-refractivity contribution is -0.121. The van der Waals surface area contributed by atoms with Crippen LogP contribution in [0.15, 0.2) is 35.3 Å². The number of sulfone groups is 1. The fourth-order valence-corrected chi connectivity index (χ4v) is 6.94. The van der Waals surface area contributed by atoms with Gasteiger partial charge >= 0.3 is 0 Å². The van der Waals surface area contributed by atoms with E-state index in [1.807, 2.05) is 49.1 Å². The average Bonchev–Trinajstić information content (AvgIpc) is 3.00. The second-order valence-corrected chi connectivity index (χ2v) is 9.82. The first-order valence-corrected chi connectivity index (χ1v) is 10.9. The van der Waals surface area contributed by atoms with Gasteiger partial charge in [0.05, 0.1) is 17.5 Å². The first kappa shape index (κ1) is 17.5. The predicted octanol–water partition coefficient (Wildman–Crippen LogP) is 2.33. The molecular formula is C17H22N2O3S2. The highest BCUT2D eigenvalue weighted by atomic mass is 32.2. The molecule has 0 N–H and O–H groups in total. The molecule has 0 bridgehead atoms. The molecule has 0 spiro atoms. The lowest BCUT2D eigenvalue weighted by Crippen LogP contribution is -2.37. The van der Waals surface area contributed by atoms with Gasteiger partial charge in [-0.1, -0.05) is 55.9 Å². The summed E-state index contributed by atoms with van der Waals surface area (Å²) in [6.45, 7) is 4.42. The minimum atomic E-state index is -3.01. The van der Waals surface area contributed by atoms with Crippen molar-refractivity contribution in [2.45, 2.75) is 38.1 Å². The smallest absolute Gasteiger partial charge is 0.250 e. The number of thioether (sulfide) groups is 1. The summed E-state index contributed by atoms with van der Waals surface area (Å²) in [5.41, 5.74) is 1.09. The van der Waals surface area contributed by atoms with Crippen molar-refractivity contribution in [1.29, 1.82) is 0 Å². The Morgan fingerprint density at radius 1 is 1.33 bits per heavy atom. The second kappa shape index (κ2) is 6.88. The summed E-state index contributed by atoms with van der Waals surface area (Å²) < 4.78 is 24.0. The molecule has 0 unspecified atom stereocenters. The van der Waals surface area contributed by atoms with E-state index < -0.39 is 9.84 Å². The van der Waals surface area contributed by atoms with Gasteiger partial charge in [-0.3, -0.25) is 4.79 Å². The largest absolute Gasteiger partial charge is 0.342 e. The van der Waals surface area contributed by atoms with Crippen molar-refractivity contribution < 1.29 is 13.2 Å². The van der Waals surface area contributed by atoms with E-state index in [0.717, 1.165) is 12.0 Å². The molecule has 3 atom stereocenters. The molecule has 1 amide bonds. The summed E-state index contributed by atoms with van der Waals surface area (Å²) in [6.07, 6.45) is 0.750. The maximum Gasteiger partial charge on any atom is 0.250 e. The number of fused-ring (bicyclic) bond motifs is 1. The summed E-state index contributed by atoms with van der Waals surface area (Å²) in [6, 6.07) is 9.80. The van der Waals surface area contributed by atoms with Crippen molar-refractivity contribution in [1.82, 2.24) is 4.90 Å². The number of amidine groups is 1. The van der Waals surface area contributed by atoms with Crippen LogP contribution in [-0.2, 0) is 21.2 Å². The second-order valence-electron chi connectivity index (χ2n) is 6.46. The summed E-state index contributed by atoms with van der Waals surface area (Å²) in [7, 11) is -3.01. The van der Waals surface area contributed by atoms with Gasteiger partial charge in [0.25, 0.3) is 5.91 Å². The van der Waals surface area contributed by atoms with Gasteiger partial charge in [0.2, 0.25) is 0 Å². The molecule has 0 aromatic heterocycles. The van der Waals surface area contributed by atoms with Crippen LogP contribution in [0.25, 0.3) is 0 Å². The monoisotopic (exact) mass is 366 g/mol. The molecule has 0 aliphatic carbocycles. The third-order valence-corrected chi connectivity index (χ3v) is 7.86. The number of amides is 1. The predicted molar refractivity (Wildman–Crippen MR) is 97.7 cm³/mol. The number of aliphatic imine (C=N–C) groups is 1. The number of rotatable bonds is 4. The number of nitrogens with zero attached hydrogens (tertiary/aromatic N) is 2. The molecule has 2 aliphatic heterocycles. The third kappa shape index (κ3) is 3.67. The van der Waals surface area contributed by atoms with E-state index in [1.165, 1.54) is 11.8 Å². The van der Waals surface area contributed by atoms with Crippen LogP contribution in [0.4, 0.5) is 0 Å². The minimum absolute atomic E-state index is 0.0257. The molecule has 2 heterocycles. The topological polar surface area (TPSA) is 66.8 Å². The van der Waals surface area contributed by atoms with E-state index in [4.69, 9.17) is 0 Å². The highest BCUT2D eigenvalue weighted by molar-refractivity contribution is 8.15. The zero-order chi connectivity index (χ0) is 17.3. The average molecular weight is 367 g/mol. The van der Waals surface area contributed by atoms with Gasteiger partial charge < -0.3 is 4.90 Å². The van der Waals surface area contributed by atoms with Gasteiger partial charge in [0.1, 0.15) is 0 Å². The van der Waals surface area contributed by atoms with Crippen LogP contribution >= 0.6 is 11.8 Å². The Balaban J connectivity index is 1.88. The Bertz CT molecular complexity index is 746. The summed E-state index contributed by atoms with van der Waals surface area (Å²) in [5, 5.41) is 0.649. The number of hydrogen-bond acceptors (Lipinski definition) is 4. The molecule has 24 heavy (non-hydrogen) atoms. The van der Waals surface area contributed by atoms with Gasteiger partial charge in [-0.05, 0) is 12.0 Å². The fourth-order valence-electron chi connectivity index (χ4n) is 2.98. The normalized spacial score (nSPS) is 28.1. The Hall–Kier alpha value is -1.34. The SMILES string of the molecule is CC[C@@H](C)C(=O)N=C1S[C@H]2CS(=O)(=O)C[C@@H]2N1Cc1ccccc1. The third-order valence-electron chi connectivity index (χ3n) is 4.61. The Morgan fingerprint density at radius 2 is 2.04 bits per heavy atom. The molecule has 2 aliphatic rings. The maximum absolute atomic E-state index is 12.2. The van der Waals surface area contributed by atoms with Gasteiger partial charge in [-0.2, -0.15) is 4.99 Å². The van der Waals surface area contributed by atoms with Gasteiger partial charge in [0, 0.05) is 17.7 Å². The summed E-state index contributed by atoms with van der Waals surface area (Å²) in [4.78, 5) is 18.6. The van der Waals surface area contributed by atoms with Crippen LogP contribution < -0.4 is 0 Å². The van der Waals surface area contributed by atoms with Gasteiger partial charge in [-0.15, -0.1) is 0 Å². The van der Waals surface area contributed by atoms with E-state index in [1.54, 1.807) is 0 Å². The Kier molecular flexibility index (Phi) is 5.01. The van der Waals surface area contributed by atoms with Crippen LogP contribution in [0.1, 0.15) is 25.8 Å². The van der Waals surface area contributed by atoms with Crippen molar-refractivity contribution in [3.05, 3.63) is 35.9 Å². The highest BCUT2D eigenvalue weighted by Gasteiger charge is 2.48. The van der Waals surface area contributed by atoms with Crippen LogP contribution in [0.2, 0.25) is 0 Å². The Labute approximate surface area is 147 Å². The molecule has 1 aromatic carbocycles. The molecule has 0 saturated carbocycles. The maximum atomic E-state index is 12.2. The zero-order valence-corrected chi connectivity index (χ0v) is 15.5. The first-order chi connectivity index (χ1) is 11.4. The molecule has 0 radical (unpaired) electrons. The van der Waals surface area contributed by atoms with Crippen molar-refractivity contribution in [2.24, 2.45) is 10.9 Å². The van der Waals surface area contributed by atoms with Gasteiger partial charge in [-0.25, -0.2) is 8.42 Å². The van der Waals surface area contributed by atoms with Crippen molar-refractivity contribution in [2.75, 3.05) is 11.5 Å². The molecule has 3 rings (SSSR count). The molecule has 130 valence electrons. The fraction of sp³-hybridized carbons (Fsp3) is 0.529. The number of carbonyl (C=O) groups is 1. The molecule has 2 saturated heterocycles. The zero-order valence-electron chi connectivity index (χ0n) is 13.9. The van der Waals surface area contributed by atoms with Crippen LogP contribution in [0.5, 0.6) is 0 Å². The molecule has 7 heteroatoms. The standard InChI is InChI=1S/C17H22N2O3S2/c1-3-12(2)16(20)18-17-19(9-13-7-5-4-6-8-13)14-10-24(21,22)11-15(14)23-17/h4-8,12,14-15H,3,9-11H2,1-2H3/t12-,14+,15+/m1/s1. The van der Waals surface area contributed by atoms with E-state index in [0.29, 0.717) is 11.7 Å². The van der Waals surface area contributed by atoms with Gasteiger partial charge in [0.15, 0.2) is 15.0 Å².